The van der Waals surface area contributed by atoms with E-state index in [2.05, 4.69) is 16.5 Å². The molecule has 1 saturated heterocycles. The molecule has 138 valence electrons. The van der Waals surface area contributed by atoms with Crippen molar-refractivity contribution in [2.24, 2.45) is 13.0 Å². The second kappa shape index (κ2) is 6.75. The molecule has 1 saturated carbocycles. The number of rotatable bonds is 4. The second-order valence-electron chi connectivity index (χ2n) is 6.81. The van der Waals surface area contributed by atoms with Gasteiger partial charge >= 0.3 is 0 Å². The number of aromatic nitrogens is 2. The first kappa shape index (κ1) is 17.1. The number of nitrogens with zero attached hydrogens (tertiary/aromatic N) is 4. The summed E-state index contributed by atoms with van der Waals surface area (Å²) in [6.45, 7) is 2.25. The summed E-state index contributed by atoms with van der Waals surface area (Å²) in [6, 6.07) is 4.15. The van der Waals surface area contributed by atoms with Gasteiger partial charge in [0.2, 0.25) is 11.8 Å². The lowest BCUT2D eigenvalue weighted by molar-refractivity contribution is -0.134. The summed E-state index contributed by atoms with van der Waals surface area (Å²) >= 11 is 1.73. The van der Waals surface area contributed by atoms with Gasteiger partial charge in [0, 0.05) is 56.1 Å². The summed E-state index contributed by atoms with van der Waals surface area (Å²) in [6.07, 6.45) is 2.62. The molecule has 0 spiro atoms. The predicted molar refractivity (Wildman–Crippen MR) is 97.4 cm³/mol. The van der Waals surface area contributed by atoms with Gasteiger partial charge < -0.3 is 14.5 Å². The van der Waals surface area contributed by atoms with E-state index in [0.717, 1.165) is 6.42 Å². The fourth-order valence-corrected chi connectivity index (χ4v) is 4.49. The van der Waals surface area contributed by atoms with E-state index in [4.69, 9.17) is 4.74 Å². The van der Waals surface area contributed by atoms with Crippen LogP contribution in [0.15, 0.2) is 23.7 Å². The van der Waals surface area contributed by atoms with Gasteiger partial charge in [-0.05, 0) is 17.9 Å². The maximum Gasteiger partial charge on any atom is 0.261 e. The molecule has 2 atom stereocenters. The number of hydrogen-bond acceptors (Lipinski definition) is 5. The lowest BCUT2D eigenvalue weighted by Crippen LogP contribution is -2.51. The van der Waals surface area contributed by atoms with Crippen LogP contribution in [-0.4, -0.2) is 64.7 Å². The molecule has 7 nitrogen and oxygen atoms in total. The highest BCUT2D eigenvalue weighted by molar-refractivity contribution is 7.10. The van der Waals surface area contributed by atoms with E-state index in [1.54, 1.807) is 34.2 Å². The van der Waals surface area contributed by atoms with Crippen LogP contribution in [0.25, 0.3) is 0 Å². The smallest absolute Gasteiger partial charge is 0.261 e. The summed E-state index contributed by atoms with van der Waals surface area (Å²) in [4.78, 5) is 30.4. The van der Waals surface area contributed by atoms with Crippen LogP contribution in [0.4, 0.5) is 0 Å². The lowest BCUT2D eigenvalue weighted by Gasteiger charge is -2.34. The molecule has 0 bridgehead atoms. The summed E-state index contributed by atoms with van der Waals surface area (Å²) in [5.41, 5.74) is 0.467. The quantitative estimate of drug-likeness (QED) is 0.815. The van der Waals surface area contributed by atoms with Crippen LogP contribution < -0.4 is 4.74 Å². The number of carbonyl (C=O) groups is 2. The Hall–Kier alpha value is -2.35. The van der Waals surface area contributed by atoms with Crippen molar-refractivity contribution in [2.45, 2.75) is 12.3 Å². The lowest BCUT2D eigenvalue weighted by atomic mass is 10.2. The zero-order chi connectivity index (χ0) is 18.3. The van der Waals surface area contributed by atoms with E-state index in [0.29, 0.717) is 43.5 Å². The van der Waals surface area contributed by atoms with Crippen molar-refractivity contribution in [1.82, 2.24) is 19.6 Å². The number of methoxy groups -OCH3 is 1. The zero-order valence-electron chi connectivity index (χ0n) is 14.9. The highest BCUT2D eigenvalue weighted by Crippen LogP contribution is 2.50. The number of ether oxygens (including phenoxy) is 1. The fraction of sp³-hybridized carbons (Fsp3) is 0.500. The minimum Gasteiger partial charge on any atom is -0.479 e. The molecule has 0 N–H and O–H groups in total. The van der Waals surface area contributed by atoms with Gasteiger partial charge in [-0.2, -0.15) is 0 Å². The average Bonchev–Trinajstić information content (AvgIpc) is 3.09. The average molecular weight is 374 g/mol. The molecule has 8 heteroatoms. The number of carbonyl (C=O) groups excluding carboxylic acids is 2. The van der Waals surface area contributed by atoms with Crippen LogP contribution in [0.2, 0.25) is 0 Å². The SMILES string of the molecule is COc1nn(C)cc1C(=O)N1CCN(C(=O)[C@H]2C[C@@H]2c2cccs2)CC1. The Morgan fingerprint density at radius 2 is 1.96 bits per heavy atom. The monoisotopic (exact) mass is 374 g/mol. The number of thiophene rings is 1. The topological polar surface area (TPSA) is 67.7 Å². The molecule has 2 aliphatic rings. The summed E-state index contributed by atoms with van der Waals surface area (Å²) in [5.74, 6) is 0.989. The Kier molecular flexibility index (Phi) is 4.44. The van der Waals surface area contributed by atoms with E-state index in [-0.39, 0.29) is 17.7 Å². The number of amides is 2. The summed E-state index contributed by atoms with van der Waals surface area (Å²) in [5, 5.41) is 6.20. The van der Waals surface area contributed by atoms with Crippen LogP contribution in [0.5, 0.6) is 5.88 Å². The zero-order valence-corrected chi connectivity index (χ0v) is 15.7. The maximum atomic E-state index is 12.7. The molecule has 1 aliphatic heterocycles. The van der Waals surface area contributed by atoms with Gasteiger partial charge in [0.25, 0.3) is 5.91 Å². The molecule has 1 aliphatic carbocycles. The molecular formula is C18H22N4O3S. The van der Waals surface area contributed by atoms with Gasteiger partial charge in [0.15, 0.2) is 0 Å². The van der Waals surface area contributed by atoms with E-state index < -0.39 is 0 Å². The molecule has 0 radical (unpaired) electrons. The Bertz CT molecular complexity index is 809. The normalized spacial score (nSPS) is 22.4. The molecule has 0 unspecified atom stereocenters. The molecule has 2 aromatic rings. The minimum atomic E-state index is -0.0927. The molecule has 2 amide bonds. The van der Waals surface area contributed by atoms with Crippen LogP contribution in [0.3, 0.4) is 0 Å². The minimum absolute atomic E-state index is 0.0927. The number of piperazine rings is 1. The van der Waals surface area contributed by atoms with Crippen LogP contribution >= 0.6 is 11.3 Å². The molecule has 0 aromatic carbocycles. The first-order valence-electron chi connectivity index (χ1n) is 8.77. The standard InChI is InChI=1S/C18H22N4O3S/c1-20-11-14(16(19-20)25-2)18(24)22-7-5-21(6-8-22)17(23)13-10-12(13)15-4-3-9-26-15/h3-4,9,11-13H,5-8,10H2,1-2H3/t12-,13-/m0/s1. The number of hydrogen-bond donors (Lipinski definition) is 0. The largest absolute Gasteiger partial charge is 0.479 e. The third kappa shape index (κ3) is 3.09. The number of aryl methyl sites for hydroxylation is 1. The van der Waals surface area contributed by atoms with Crippen molar-refractivity contribution in [3.8, 4) is 5.88 Å². The Labute approximate surface area is 156 Å². The van der Waals surface area contributed by atoms with E-state index in [1.807, 2.05) is 11.0 Å². The van der Waals surface area contributed by atoms with Crippen molar-refractivity contribution >= 4 is 23.2 Å². The highest BCUT2D eigenvalue weighted by atomic mass is 32.1. The first-order chi connectivity index (χ1) is 12.6. The van der Waals surface area contributed by atoms with Gasteiger partial charge in [-0.1, -0.05) is 6.07 Å². The van der Waals surface area contributed by atoms with Crippen molar-refractivity contribution < 1.29 is 14.3 Å². The van der Waals surface area contributed by atoms with Crippen LogP contribution in [-0.2, 0) is 11.8 Å². The third-order valence-corrected chi connectivity index (χ3v) is 6.12. The summed E-state index contributed by atoms with van der Waals surface area (Å²) in [7, 11) is 3.27. The molecule has 4 rings (SSSR count). The Morgan fingerprint density at radius 1 is 1.23 bits per heavy atom. The Balaban J connectivity index is 1.34. The molecule has 26 heavy (non-hydrogen) atoms. The van der Waals surface area contributed by atoms with E-state index in [1.165, 1.54) is 12.0 Å². The van der Waals surface area contributed by atoms with Gasteiger partial charge in [0.05, 0.1) is 7.11 Å². The van der Waals surface area contributed by atoms with Gasteiger partial charge in [-0.25, -0.2) is 0 Å². The summed E-state index contributed by atoms with van der Waals surface area (Å²) < 4.78 is 6.75. The molecule has 2 aromatic heterocycles. The molecular weight excluding hydrogens is 352 g/mol. The van der Waals surface area contributed by atoms with E-state index in [9.17, 15) is 9.59 Å². The third-order valence-electron chi connectivity index (χ3n) is 5.11. The van der Waals surface area contributed by atoms with Crippen molar-refractivity contribution in [1.29, 1.82) is 0 Å². The van der Waals surface area contributed by atoms with Gasteiger partial charge in [0.1, 0.15) is 5.56 Å². The first-order valence-corrected chi connectivity index (χ1v) is 9.65. The van der Waals surface area contributed by atoms with Gasteiger partial charge in [-0.3, -0.25) is 14.3 Å². The molecule has 2 fully saturated rings. The fourth-order valence-electron chi connectivity index (χ4n) is 3.58. The van der Waals surface area contributed by atoms with Crippen LogP contribution in [0.1, 0.15) is 27.6 Å². The Morgan fingerprint density at radius 3 is 2.62 bits per heavy atom. The predicted octanol–water partition coefficient (Wildman–Crippen LogP) is 1.58. The van der Waals surface area contributed by atoms with E-state index >= 15 is 0 Å². The second-order valence-corrected chi connectivity index (χ2v) is 7.79. The van der Waals surface area contributed by atoms with Crippen molar-refractivity contribution in [3.63, 3.8) is 0 Å². The van der Waals surface area contributed by atoms with Crippen LogP contribution in [0, 0.1) is 5.92 Å². The molecule has 3 heterocycles. The maximum absolute atomic E-state index is 12.7. The van der Waals surface area contributed by atoms with Crippen molar-refractivity contribution in [3.05, 3.63) is 34.2 Å². The van der Waals surface area contributed by atoms with Crippen molar-refractivity contribution in [2.75, 3.05) is 33.3 Å². The van der Waals surface area contributed by atoms with Gasteiger partial charge in [-0.15, -0.1) is 16.4 Å². The highest BCUT2D eigenvalue weighted by Gasteiger charge is 2.46.